The van der Waals surface area contributed by atoms with Crippen molar-refractivity contribution in [2.75, 3.05) is 20.3 Å². The van der Waals surface area contributed by atoms with E-state index >= 15 is 0 Å². The molecule has 2 N–H and O–H groups in total. The Kier molecular flexibility index (Phi) is 9.33. The van der Waals surface area contributed by atoms with Crippen LogP contribution in [0, 0.1) is 0 Å². The minimum Gasteiger partial charge on any atom is -0.493 e. The van der Waals surface area contributed by atoms with Crippen LogP contribution in [0.1, 0.15) is 58.3 Å². The summed E-state index contributed by atoms with van der Waals surface area (Å²) in [5.74, 6) is 1.25. The number of aliphatic hydroxyl groups is 2. The van der Waals surface area contributed by atoms with Crippen molar-refractivity contribution in [2.45, 2.75) is 44.6 Å². The number of nitrogens with zero attached hydrogens (tertiary/aromatic N) is 3. The molecule has 0 aliphatic heterocycles. The van der Waals surface area contributed by atoms with Crippen molar-refractivity contribution in [1.29, 1.82) is 0 Å². The minimum absolute atomic E-state index is 0.0469. The number of Topliss-reactive ketones (excluding diaryl/α,β-unsaturated/α-hetero) is 2. The van der Waals surface area contributed by atoms with Gasteiger partial charge in [0, 0.05) is 53.1 Å². The van der Waals surface area contributed by atoms with Crippen molar-refractivity contribution in [1.82, 2.24) is 14.5 Å². The molecule has 0 unspecified atom stereocenters. The van der Waals surface area contributed by atoms with Crippen molar-refractivity contribution in [3.05, 3.63) is 112 Å². The van der Waals surface area contributed by atoms with E-state index < -0.39 is 16.9 Å². The standard InChI is InChI=1S/C37H35N3O8/c1-37(45,22-41)14-16-47-35-20-29-26(19-34(35)46-2)33(13-15-38-29)48-25-12-11-23(39-21-25)17-32(43)28-18-27-30(9-6-10-31(27)42)40(36(28)44)24-7-4-3-5-8-24/h3-5,7-8,11-13,15,18-21,41,45H,6,9-10,14,16-17,22H2,1-2H3/t37-/m1/s1. The maximum absolute atomic E-state index is 13.7. The van der Waals surface area contributed by atoms with Gasteiger partial charge in [-0.15, -0.1) is 0 Å². The lowest BCUT2D eigenvalue weighted by atomic mass is 9.91. The number of fused-ring (bicyclic) bond motifs is 2. The molecule has 0 amide bonds. The molecule has 6 rings (SSSR count). The molecule has 1 atom stereocenters. The van der Waals surface area contributed by atoms with E-state index in [9.17, 15) is 24.6 Å². The van der Waals surface area contributed by atoms with Crippen molar-refractivity contribution in [3.8, 4) is 28.7 Å². The molecule has 2 aromatic carbocycles. The van der Waals surface area contributed by atoms with E-state index in [2.05, 4.69) is 9.97 Å². The van der Waals surface area contributed by atoms with Gasteiger partial charge in [-0.1, -0.05) is 18.2 Å². The van der Waals surface area contributed by atoms with Gasteiger partial charge in [0.05, 0.1) is 49.6 Å². The predicted octanol–water partition coefficient (Wildman–Crippen LogP) is 5.04. The van der Waals surface area contributed by atoms with E-state index in [0.717, 1.165) is 0 Å². The van der Waals surface area contributed by atoms with Crippen molar-refractivity contribution in [2.24, 2.45) is 0 Å². The molecule has 0 saturated carbocycles. The molecule has 48 heavy (non-hydrogen) atoms. The average Bonchev–Trinajstić information content (AvgIpc) is 3.09. The maximum Gasteiger partial charge on any atom is 0.266 e. The number of carbonyl (C=O) groups is 2. The van der Waals surface area contributed by atoms with Crippen LogP contribution >= 0.6 is 0 Å². The fourth-order valence-electron chi connectivity index (χ4n) is 5.65. The zero-order valence-electron chi connectivity index (χ0n) is 26.6. The summed E-state index contributed by atoms with van der Waals surface area (Å²) in [6, 6.07) is 19.0. The third-order valence-corrected chi connectivity index (χ3v) is 8.33. The Bertz CT molecular complexity index is 2040. The van der Waals surface area contributed by atoms with Crippen LogP contribution < -0.4 is 19.8 Å². The second-order valence-corrected chi connectivity index (χ2v) is 11.9. The SMILES string of the molecule is COc1cc2c(Oc3ccc(CC(=O)c4cc5c(n(-c6ccccc6)c4=O)CCCC5=O)nc3)ccnc2cc1OCC[C@@](C)(O)CO. The molecule has 0 bridgehead atoms. The molecule has 0 spiro atoms. The van der Waals surface area contributed by atoms with Gasteiger partial charge < -0.3 is 24.4 Å². The second kappa shape index (κ2) is 13.8. The number of rotatable bonds is 12. The van der Waals surface area contributed by atoms with Crippen LogP contribution in [-0.2, 0) is 12.8 Å². The highest BCUT2D eigenvalue weighted by Gasteiger charge is 2.26. The summed E-state index contributed by atoms with van der Waals surface area (Å²) in [5.41, 5.74) is 0.920. The number of methoxy groups -OCH3 is 1. The summed E-state index contributed by atoms with van der Waals surface area (Å²) in [7, 11) is 1.51. The number of hydrogen-bond donors (Lipinski definition) is 2. The van der Waals surface area contributed by atoms with E-state index in [1.165, 1.54) is 30.9 Å². The fourth-order valence-corrected chi connectivity index (χ4v) is 5.65. The van der Waals surface area contributed by atoms with Gasteiger partial charge in [0.15, 0.2) is 23.1 Å². The average molecular weight is 650 g/mol. The number of aromatic nitrogens is 3. The normalized spacial score (nSPS) is 13.9. The van der Waals surface area contributed by atoms with E-state index in [1.807, 2.05) is 18.2 Å². The van der Waals surface area contributed by atoms with Crippen LogP contribution in [-0.4, -0.2) is 62.2 Å². The Morgan fingerprint density at radius 2 is 1.79 bits per heavy atom. The van der Waals surface area contributed by atoms with Gasteiger partial charge >= 0.3 is 0 Å². The number of ether oxygens (including phenoxy) is 3. The Hall–Kier alpha value is -5.39. The largest absolute Gasteiger partial charge is 0.493 e. The monoisotopic (exact) mass is 649 g/mol. The van der Waals surface area contributed by atoms with Crippen molar-refractivity contribution in [3.63, 3.8) is 0 Å². The Balaban J connectivity index is 1.21. The molecule has 246 valence electrons. The van der Waals surface area contributed by atoms with Crippen molar-refractivity contribution >= 4 is 22.5 Å². The van der Waals surface area contributed by atoms with E-state index in [-0.39, 0.29) is 37.4 Å². The van der Waals surface area contributed by atoms with Gasteiger partial charge in [-0.2, -0.15) is 0 Å². The fraction of sp³-hybridized carbons (Fsp3) is 0.270. The first-order valence-corrected chi connectivity index (χ1v) is 15.6. The molecule has 0 saturated heterocycles. The molecule has 3 heterocycles. The summed E-state index contributed by atoms with van der Waals surface area (Å²) in [6.07, 6.45) is 4.77. The van der Waals surface area contributed by atoms with Crippen LogP contribution in [0.2, 0.25) is 0 Å². The predicted molar refractivity (Wildman–Crippen MR) is 178 cm³/mol. The number of para-hydroxylation sites is 1. The number of benzene rings is 2. The van der Waals surface area contributed by atoms with Gasteiger partial charge in [-0.3, -0.25) is 28.9 Å². The second-order valence-electron chi connectivity index (χ2n) is 11.9. The van der Waals surface area contributed by atoms with Crippen LogP contribution in [0.4, 0.5) is 0 Å². The molecule has 0 fully saturated rings. The Labute approximate surface area is 276 Å². The lowest BCUT2D eigenvalue weighted by Crippen LogP contribution is -2.32. The molecule has 1 aliphatic carbocycles. The van der Waals surface area contributed by atoms with E-state index in [0.29, 0.717) is 75.8 Å². The first-order valence-electron chi connectivity index (χ1n) is 15.6. The zero-order chi connectivity index (χ0) is 33.8. The molecule has 1 aliphatic rings. The summed E-state index contributed by atoms with van der Waals surface area (Å²) >= 11 is 0. The lowest BCUT2D eigenvalue weighted by Gasteiger charge is -2.21. The van der Waals surface area contributed by atoms with Gasteiger partial charge in [-0.05, 0) is 62.2 Å². The minimum atomic E-state index is -1.26. The number of pyridine rings is 3. The number of ketones is 2. The highest BCUT2D eigenvalue weighted by atomic mass is 16.5. The van der Waals surface area contributed by atoms with Gasteiger partial charge in [0.1, 0.15) is 11.5 Å². The summed E-state index contributed by atoms with van der Waals surface area (Å²) in [4.78, 5) is 48.8. The smallest absolute Gasteiger partial charge is 0.266 e. The van der Waals surface area contributed by atoms with Crippen molar-refractivity contribution < 1.29 is 34.0 Å². The van der Waals surface area contributed by atoms with Gasteiger partial charge in [0.25, 0.3) is 5.56 Å². The topological polar surface area (TPSA) is 150 Å². The molecular weight excluding hydrogens is 614 g/mol. The molecular formula is C37H35N3O8. The van der Waals surface area contributed by atoms with Crippen LogP contribution in [0.5, 0.6) is 23.0 Å². The molecule has 3 aromatic heterocycles. The highest BCUT2D eigenvalue weighted by Crippen LogP contribution is 2.37. The van der Waals surface area contributed by atoms with E-state index in [4.69, 9.17) is 14.2 Å². The summed E-state index contributed by atoms with van der Waals surface area (Å²) in [6.45, 7) is 1.30. The van der Waals surface area contributed by atoms with E-state index in [1.54, 1.807) is 48.7 Å². The van der Waals surface area contributed by atoms with Crippen LogP contribution in [0.25, 0.3) is 16.6 Å². The number of hydrogen-bond acceptors (Lipinski definition) is 10. The maximum atomic E-state index is 13.7. The molecule has 11 nitrogen and oxygen atoms in total. The third kappa shape index (κ3) is 6.83. The summed E-state index contributed by atoms with van der Waals surface area (Å²) < 4.78 is 19.0. The first kappa shape index (κ1) is 32.5. The molecule has 0 radical (unpaired) electrons. The van der Waals surface area contributed by atoms with Crippen LogP contribution in [0.3, 0.4) is 0 Å². The number of aliphatic hydroxyl groups excluding tert-OH is 1. The third-order valence-electron chi connectivity index (χ3n) is 8.33. The first-order chi connectivity index (χ1) is 23.2. The Morgan fingerprint density at radius 3 is 2.52 bits per heavy atom. The quantitative estimate of drug-likeness (QED) is 0.176. The molecule has 5 aromatic rings. The lowest BCUT2D eigenvalue weighted by molar-refractivity contribution is -0.0141. The zero-order valence-corrected chi connectivity index (χ0v) is 26.6. The summed E-state index contributed by atoms with van der Waals surface area (Å²) in [5, 5.41) is 20.0. The Morgan fingerprint density at radius 1 is 0.979 bits per heavy atom. The van der Waals surface area contributed by atoms with Gasteiger partial charge in [-0.25, -0.2) is 0 Å². The van der Waals surface area contributed by atoms with Crippen LogP contribution in [0.15, 0.2) is 83.9 Å². The van der Waals surface area contributed by atoms with Gasteiger partial charge in [0.2, 0.25) is 0 Å². The number of carbonyl (C=O) groups excluding carboxylic acids is 2. The molecule has 11 heteroatoms. The highest BCUT2D eigenvalue weighted by molar-refractivity contribution is 6.03.